The smallest absolute Gasteiger partial charge is 0.306 e. The maximum Gasteiger partial charge on any atom is 0.306 e. The van der Waals surface area contributed by atoms with Gasteiger partial charge in [0.15, 0.2) is 12.4 Å². The van der Waals surface area contributed by atoms with Gasteiger partial charge >= 0.3 is 5.97 Å². The number of carbonyl (C=O) groups is 2. The standard InChI is InChI=1S/C67H117NO10/c1-4-7-10-13-16-19-22-25-27-28-29-30-31-32-33-34-36-39-42-45-48-51-54-60(71)66(75)68-58(59(70)53-50-47-44-41-38-35-24-21-18-15-12-9-6-3)57-76-67-65(64(74)63(73)61(56-69)77-67)78-62(72)55-52-49-46-43-40-37-26-23-20-17-14-11-8-5-2/h8,11,16-17,19-20,25,27,29-30,32-33,50,53,58-61,63-65,67,69-71,73-74H,4-7,9-10,12-15,18,21-24,26,28,31,34-49,51-52,54-57H2,1-3H3,(H,68,75)/b11-8+,19-16-,20-17+,27-25-,30-29-,33-32-,53-50+. The van der Waals surface area contributed by atoms with Gasteiger partial charge in [-0.15, -0.1) is 0 Å². The molecule has 0 aromatic carbocycles. The van der Waals surface area contributed by atoms with E-state index in [1.165, 1.54) is 89.9 Å². The van der Waals surface area contributed by atoms with Crippen molar-refractivity contribution in [3.05, 3.63) is 85.1 Å². The Balaban J connectivity index is 2.68. The van der Waals surface area contributed by atoms with Crippen molar-refractivity contribution >= 4 is 11.9 Å². The molecule has 0 spiro atoms. The van der Waals surface area contributed by atoms with Gasteiger partial charge in [0.2, 0.25) is 5.91 Å². The summed E-state index contributed by atoms with van der Waals surface area (Å²) in [5, 5.41) is 57.0. The van der Waals surface area contributed by atoms with E-state index in [0.717, 1.165) is 128 Å². The van der Waals surface area contributed by atoms with Crippen LogP contribution in [0.5, 0.6) is 0 Å². The van der Waals surface area contributed by atoms with Crippen molar-refractivity contribution in [3.63, 3.8) is 0 Å². The molecule has 1 aliphatic heterocycles. The van der Waals surface area contributed by atoms with Crippen LogP contribution >= 0.6 is 0 Å². The van der Waals surface area contributed by atoms with Gasteiger partial charge in [0.05, 0.1) is 25.4 Å². The molecule has 8 unspecified atom stereocenters. The van der Waals surface area contributed by atoms with Crippen molar-refractivity contribution in [1.82, 2.24) is 5.32 Å². The lowest BCUT2D eigenvalue weighted by atomic mass is 9.99. The quantitative estimate of drug-likeness (QED) is 0.0195. The predicted octanol–water partition coefficient (Wildman–Crippen LogP) is 15.3. The second kappa shape index (κ2) is 54.4. The molecule has 1 amide bonds. The highest BCUT2D eigenvalue weighted by Crippen LogP contribution is 2.26. The number of aliphatic hydroxyl groups excluding tert-OH is 5. The first kappa shape index (κ1) is 72.9. The Morgan fingerprint density at radius 3 is 1.41 bits per heavy atom. The minimum atomic E-state index is -1.62. The van der Waals surface area contributed by atoms with Crippen LogP contribution in [0.1, 0.15) is 265 Å². The Labute approximate surface area is 476 Å². The van der Waals surface area contributed by atoms with Crippen LogP contribution in [0.25, 0.3) is 0 Å². The number of rotatable bonds is 53. The lowest BCUT2D eigenvalue weighted by molar-refractivity contribution is -0.305. The number of aliphatic hydroxyl groups is 5. The summed E-state index contributed by atoms with van der Waals surface area (Å²) in [4.78, 5) is 26.6. The lowest BCUT2D eigenvalue weighted by Crippen LogP contribution is -2.61. The lowest BCUT2D eigenvalue weighted by Gasteiger charge is -2.41. The van der Waals surface area contributed by atoms with Gasteiger partial charge in [-0.3, -0.25) is 9.59 Å². The van der Waals surface area contributed by atoms with E-state index in [-0.39, 0.29) is 19.4 Å². The zero-order valence-electron chi connectivity index (χ0n) is 49.8. The number of unbranched alkanes of at least 4 members (excludes halogenated alkanes) is 27. The van der Waals surface area contributed by atoms with Crippen LogP contribution in [0, 0.1) is 0 Å². The van der Waals surface area contributed by atoms with E-state index in [0.29, 0.717) is 12.8 Å². The third kappa shape index (κ3) is 41.8. The summed E-state index contributed by atoms with van der Waals surface area (Å²) in [6.07, 6.45) is 60.4. The van der Waals surface area contributed by atoms with Gasteiger partial charge in [0.25, 0.3) is 0 Å². The van der Waals surface area contributed by atoms with Crippen LogP contribution in [0.15, 0.2) is 85.1 Å². The van der Waals surface area contributed by atoms with Crippen molar-refractivity contribution in [3.8, 4) is 0 Å². The van der Waals surface area contributed by atoms with E-state index in [1.807, 2.05) is 6.08 Å². The molecule has 450 valence electrons. The normalized spacial score (nSPS) is 19.5. The molecular formula is C67H117NO10. The molecule has 11 nitrogen and oxygen atoms in total. The molecule has 1 heterocycles. The summed E-state index contributed by atoms with van der Waals surface area (Å²) in [5.74, 6) is -1.22. The van der Waals surface area contributed by atoms with E-state index in [9.17, 15) is 35.1 Å². The van der Waals surface area contributed by atoms with Crippen LogP contribution in [0.2, 0.25) is 0 Å². The zero-order chi connectivity index (χ0) is 56.8. The average Bonchev–Trinajstić information content (AvgIpc) is 3.46. The molecule has 1 aliphatic rings. The van der Waals surface area contributed by atoms with E-state index >= 15 is 0 Å². The van der Waals surface area contributed by atoms with E-state index < -0.39 is 67.4 Å². The number of esters is 1. The van der Waals surface area contributed by atoms with Gasteiger partial charge in [-0.2, -0.15) is 0 Å². The number of hydrogen-bond acceptors (Lipinski definition) is 10. The molecule has 0 saturated carbocycles. The number of amides is 1. The summed E-state index contributed by atoms with van der Waals surface area (Å²) in [7, 11) is 0. The molecule has 6 N–H and O–H groups in total. The first-order chi connectivity index (χ1) is 38.2. The van der Waals surface area contributed by atoms with Gasteiger partial charge in [-0.25, -0.2) is 0 Å². The zero-order valence-corrected chi connectivity index (χ0v) is 49.8. The van der Waals surface area contributed by atoms with Gasteiger partial charge in [0, 0.05) is 6.42 Å². The number of hydrogen-bond donors (Lipinski definition) is 6. The molecule has 8 atom stereocenters. The second-order valence-electron chi connectivity index (χ2n) is 21.8. The fourth-order valence-corrected chi connectivity index (χ4v) is 9.50. The molecule has 0 aromatic rings. The number of allylic oxidation sites excluding steroid dienone is 13. The minimum absolute atomic E-state index is 0.110. The van der Waals surface area contributed by atoms with Crippen molar-refractivity contribution in [1.29, 1.82) is 0 Å². The Morgan fingerprint density at radius 2 is 0.923 bits per heavy atom. The summed E-state index contributed by atoms with van der Waals surface area (Å²) in [6.45, 7) is 5.65. The van der Waals surface area contributed by atoms with Crippen molar-refractivity contribution in [2.24, 2.45) is 0 Å². The molecule has 0 aliphatic carbocycles. The SMILES string of the molecule is CC/C=C/C/C=C/CCCCCCCCCC(=O)OC1C(OCC(NC(=O)C(O)CCCCCCCC/C=C\C/C=C\C/C=C\C/C=C\CCCCC)C(O)/C=C/CCCCCCCCCCCCC)OC(CO)C(O)C1O. The highest BCUT2D eigenvalue weighted by atomic mass is 16.7. The number of carbonyl (C=O) groups excluding carboxylic acids is 2. The fourth-order valence-electron chi connectivity index (χ4n) is 9.50. The minimum Gasteiger partial charge on any atom is -0.454 e. The molecule has 78 heavy (non-hydrogen) atoms. The van der Waals surface area contributed by atoms with Crippen molar-refractivity contribution in [2.45, 2.75) is 314 Å². The molecule has 0 aromatic heterocycles. The van der Waals surface area contributed by atoms with E-state index in [4.69, 9.17) is 14.2 Å². The van der Waals surface area contributed by atoms with E-state index in [1.54, 1.807) is 6.08 Å². The van der Waals surface area contributed by atoms with Crippen molar-refractivity contribution in [2.75, 3.05) is 13.2 Å². The summed E-state index contributed by atoms with van der Waals surface area (Å²) in [5.41, 5.74) is 0. The van der Waals surface area contributed by atoms with Crippen LogP contribution < -0.4 is 5.32 Å². The van der Waals surface area contributed by atoms with Gasteiger partial charge in [-0.05, 0) is 96.3 Å². The van der Waals surface area contributed by atoms with Crippen LogP contribution in [-0.4, -0.2) is 99.6 Å². The third-order valence-corrected chi connectivity index (χ3v) is 14.5. The largest absolute Gasteiger partial charge is 0.454 e. The molecule has 0 radical (unpaired) electrons. The first-order valence-corrected chi connectivity index (χ1v) is 31.9. The first-order valence-electron chi connectivity index (χ1n) is 31.9. The molecule has 0 bridgehead atoms. The number of nitrogens with one attached hydrogen (secondary N) is 1. The summed E-state index contributed by atoms with van der Waals surface area (Å²) >= 11 is 0. The third-order valence-electron chi connectivity index (χ3n) is 14.5. The highest BCUT2D eigenvalue weighted by Gasteiger charge is 2.47. The van der Waals surface area contributed by atoms with Crippen LogP contribution in [0.4, 0.5) is 0 Å². The van der Waals surface area contributed by atoms with Crippen LogP contribution in [0.3, 0.4) is 0 Å². The maximum atomic E-state index is 13.4. The predicted molar refractivity (Wildman–Crippen MR) is 324 cm³/mol. The van der Waals surface area contributed by atoms with E-state index in [2.05, 4.69) is 99.0 Å². The van der Waals surface area contributed by atoms with Crippen LogP contribution in [-0.2, 0) is 23.8 Å². The Hall–Kier alpha value is -3.16. The van der Waals surface area contributed by atoms with Crippen molar-refractivity contribution < 1.29 is 49.3 Å². The molecule has 1 rings (SSSR count). The van der Waals surface area contributed by atoms with Gasteiger partial charge in [0.1, 0.15) is 24.4 Å². The molecule has 1 saturated heterocycles. The van der Waals surface area contributed by atoms with Gasteiger partial charge < -0.3 is 45.1 Å². The maximum absolute atomic E-state index is 13.4. The summed E-state index contributed by atoms with van der Waals surface area (Å²) < 4.78 is 17.6. The highest BCUT2D eigenvalue weighted by molar-refractivity contribution is 5.80. The molecule has 1 fully saturated rings. The van der Waals surface area contributed by atoms with Gasteiger partial charge in [-0.1, -0.05) is 247 Å². The Bertz CT molecular complexity index is 1590. The fraction of sp³-hybridized carbons (Fsp3) is 0.761. The topological polar surface area (TPSA) is 175 Å². The second-order valence-corrected chi connectivity index (χ2v) is 21.8. The Morgan fingerprint density at radius 1 is 0.513 bits per heavy atom. The Kier molecular flexibility index (Phi) is 50.8. The monoisotopic (exact) mass is 1100 g/mol. The molecule has 11 heteroatoms. The average molecular weight is 1100 g/mol. The summed E-state index contributed by atoms with van der Waals surface area (Å²) in [6, 6.07) is -1.04. The molecular weight excluding hydrogens is 979 g/mol. The number of ether oxygens (including phenoxy) is 3.